The van der Waals surface area contributed by atoms with Crippen molar-refractivity contribution in [1.29, 1.82) is 0 Å². The van der Waals surface area contributed by atoms with Crippen molar-refractivity contribution in [2.45, 2.75) is 20.4 Å². The average molecular weight is 385 g/mol. The Morgan fingerprint density at radius 3 is 2.32 bits per heavy atom. The van der Waals surface area contributed by atoms with Crippen LogP contribution in [0.3, 0.4) is 0 Å². The maximum Gasteiger partial charge on any atom is 0.342 e. The van der Waals surface area contributed by atoms with Crippen molar-refractivity contribution >= 4 is 17.8 Å². The van der Waals surface area contributed by atoms with Gasteiger partial charge in [-0.25, -0.2) is 4.79 Å². The van der Waals surface area contributed by atoms with E-state index in [0.717, 1.165) is 16.9 Å². The number of ether oxygens (including phenoxy) is 3. The molecule has 2 rings (SSSR count). The van der Waals surface area contributed by atoms with Crippen molar-refractivity contribution in [3.8, 4) is 11.5 Å². The van der Waals surface area contributed by atoms with Crippen LogP contribution in [0.2, 0.25) is 0 Å². The third-order valence-electron chi connectivity index (χ3n) is 3.94. The van der Waals surface area contributed by atoms with Gasteiger partial charge in [0.1, 0.15) is 17.1 Å². The normalized spacial score (nSPS) is 10.1. The van der Waals surface area contributed by atoms with Crippen molar-refractivity contribution in [3.05, 3.63) is 59.2 Å². The van der Waals surface area contributed by atoms with Gasteiger partial charge in [-0.1, -0.05) is 18.2 Å². The molecule has 0 spiro atoms. The van der Waals surface area contributed by atoms with Gasteiger partial charge >= 0.3 is 11.9 Å². The highest BCUT2D eigenvalue weighted by atomic mass is 16.5. The molecule has 0 aliphatic heterocycles. The zero-order chi connectivity index (χ0) is 20.7. The molecule has 0 N–H and O–H groups in total. The van der Waals surface area contributed by atoms with E-state index in [2.05, 4.69) is 0 Å². The molecule has 28 heavy (non-hydrogen) atoms. The Balaban J connectivity index is 1.96. The number of esters is 2. The summed E-state index contributed by atoms with van der Waals surface area (Å²) in [4.78, 5) is 37.3. The Bertz CT molecular complexity index is 860. The number of likely N-dealkylation sites (N-methyl/N-ethyl adjacent to an activating group) is 1. The van der Waals surface area contributed by atoms with Gasteiger partial charge in [-0.05, 0) is 42.3 Å². The van der Waals surface area contributed by atoms with Gasteiger partial charge in [0.25, 0.3) is 5.91 Å². The summed E-state index contributed by atoms with van der Waals surface area (Å²) in [6, 6.07) is 12.1. The van der Waals surface area contributed by atoms with Gasteiger partial charge in [0.2, 0.25) is 0 Å². The highest BCUT2D eigenvalue weighted by Gasteiger charge is 2.18. The van der Waals surface area contributed by atoms with Crippen LogP contribution < -0.4 is 9.47 Å². The smallest absolute Gasteiger partial charge is 0.342 e. The second-order valence-corrected chi connectivity index (χ2v) is 6.27. The van der Waals surface area contributed by atoms with E-state index in [0.29, 0.717) is 6.54 Å². The Labute approximate surface area is 163 Å². The zero-order valence-corrected chi connectivity index (χ0v) is 16.4. The number of carbonyl (C=O) groups excluding carboxylic acids is 3. The number of hydrogen-bond acceptors (Lipinski definition) is 6. The van der Waals surface area contributed by atoms with Crippen LogP contribution in [0.15, 0.2) is 42.5 Å². The molecule has 2 aromatic rings. The maximum atomic E-state index is 12.3. The molecule has 0 heterocycles. The molecule has 0 saturated heterocycles. The van der Waals surface area contributed by atoms with E-state index in [-0.39, 0.29) is 17.2 Å². The molecule has 0 unspecified atom stereocenters. The topological polar surface area (TPSA) is 82.1 Å². The van der Waals surface area contributed by atoms with Crippen molar-refractivity contribution in [3.63, 3.8) is 0 Å². The number of benzene rings is 2. The van der Waals surface area contributed by atoms with E-state index in [1.165, 1.54) is 17.9 Å². The molecular weight excluding hydrogens is 362 g/mol. The highest BCUT2D eigenvalue weighted by molar-refractivity contribution is 5.94. The molecule has 2 aromatic carbocycles. The molecule has 0 saturated carbocycles. The molecule has 0 atom stereocenters. The van der Waals surface area contributed by atoms with Crippen LogP contribution in [0.4, 0.5) is 0 Å². The Hall–Kier alpha value is -3.35. The minimum atomic E-state index is -0.734. The molecule has 7 nitrogen and oxygen atoms in total. The predicted molar refractivity (Wildman–Crippen MR) is 102 cm³/mol. The van der Waals surface area contributed by atoms with Gasteiger partial charge in [-0.15, -0.1) is 0 Å². The quantitative estimate of drug-likeness (QED) is 0.538. The van der Waals surface area contributed by atoms with E-state index < -0.39 is 18.5 Å². The second-order valence-electron chi connectivity index (χ2n) is 6.27. The number of carbonyl (C=O) groups is 3. The lowest BCUT2D eigenvalue weighted by Crippen LogP contribution is -2.30. The molecule has 7 heteroatoms. The molecule has 0 aliphatic rings. The van der Waals surface area contributed by atoms with E-state index >= 15 is 0 Å². The van der Waals surface area contributed by atoms with Crippen molar-refractivity contribution in [2.75, 3.05) is 20.8 Å². The average Bonchev–Trinajstić information content (AvgIpc) is 2.66. The minimum Gasteiger partial charge on any atom is -0.497 e. The lowest BCUT2D eigenvalue weighted by Gasteiger charge is -2.17. The SMILES string of the molecule is COc1ccc(CN(C)C(=O)COC(=O)c2ccc(C)cc2OC(C)=O)cc1. The Morgan fingerprint density at radius 1 is 1.04 bits per heavy atom. The fourth-order valence-electron chi connectivity index (χ4n) is 2.45. The first kappa shape index (κ1) is 21.0. The number of methoxy groups -OCH3 is 1. The van der Waals surface area contributed by atoms with Gasteiger partial charge < -0.3 is 19.1 Å². The zero-order valence-electron chi connectivity index (χ0n) is 16.4. The summed E-state index contributed by atoms with van der Waals surface area (Å²) in [5.41, 5.74) is 1.83. The van der Waals surface area contributed by atoms with Gasteiger partial charge in [-0.2, -0.15) is 0 Å². The first-order valence-electron chi connectivity index (χ1n) is 8.63. The third kappa shape index (κ3) is 5.84. The summed E-state index contributed by atoms with van der Waals surface area (Å²) in [6.45, 7) is 3.00. The molecule has 0 aliphatic carbocycles. The van der Waals surface area contributed by atoms with E-state index in [1.807, 2.05) is 24.3 Å². The number of aryl methyl sites for hydroxylation is 1. The first-order chi connectivity index (χ1) is 13.3. The molecular formula is C21H23NO6. The predicted octanol–water partition coefficient (Wildman–Crippen LogP) is 2.74. The van der Waals surface area contributed by atoms with Crippen LogP contribution in [0.5, 0.6) is 11.5 Å². The van der Waals surface area contributed by atoms with E-state index in [1.54, 1.807) is 33.2 Å². The van der Waals surface area contributed by atoms with Crippen LogP contribution in [0.1, 0.15) is 28.4 Å². The van der Waals surface area contributed by atoms with Crippen molar-refractivity contribution in [2.24, 2.45) is 0 Å². The fraction of sp³-hybridized carbons (Fsp3) is 0.286. The number of amides is 1. The summed E-state index contributed by atoms with van der Waals surface area (Å²) in [6.07, 6.45) is 0. The highest BCUT2D eigenvalue weighted by Crippen LogP contribution is 2.21. The van der Waals surface area contributed by atoms with Crippen LogP contribution >= 0.6 is 0 Å². The number of hydrogen-bond donors (Lipinski definition) is 0. The summed E-state index contributed by atoms with van der Waals surface area (Å²) in [7, 11) is 3.20. The summed E-state index contributed by atoms with van der Waals surface area (Å²) >= 11 is 0. The lowest BCUT2D eigenvalue weighted by molar-refractivity contribution is -0.134. The number of rotatable bonds is 7. The molecule has 1 amide bonds. The summed E-state index contributed by atoms with van der Waals surface area (Å²) in [5.74, 6) is -0.799. The lowest BCUT2D eigenvalue weighted by atomic mass is 10.1. The molecule has 0 radical (unpaired) electrons. The minimum absolute atomic E-state index is 0.0893. The third-order valence-corrected chi connectivity index (χ3v) is 3.94. The van der Waals surface area contributed by atoms with Gasteiger partial charge in [0.05, 0.1) is 7.11 Å². The summed E-state index contributed by atoms with van der Waals surface area (Å²) < 4.78 is 15.3. The summed E-state index contributed by atoms with van der Waals surface area (Å²) in [5, 5.41) is 0. The van der Waals surface area contributed by atoms with Crippen molar-refractivity contribution < 1.29 is 28.6 Å². The van der Waals surface area contributed by atoms with Crippen LogP contribution in [-0.4, -0.2) is 43.5 Å². The standard InChI is InChI=1S/C21H23NO6/c1-14-5-10-18(19(11-14)28-15(2)23)21(25)27-13-20(24)22(3)12-16-6-8-17(26-4)9-7-16/h5-11H,12-13H2,1-4H3. The Morgan fingerprint density at radius 2 is 1.71 bits per heavy atom. The van der Waals surface area contributed by atoms with Crippen LogP contribution in [-0.2, 0) is 20.9 Å². The van der Waals surface area contributed by atoms with Gasteiger partial charge in [0.15, 0.2) is 6.61 Å². The Kier molecular flexibility index (Phi) is 7.14. The van der Waals surface area contributed by atoms with Crippen LogP contribution in [0.25, 0.3) is 0 Å². The molecule has 148 valence electrons. The maximum absolute atomic E-state index is 12.3. The molecule has 0 bridgehead atoms. The monoisotopic (exact) mass is 385 g/mol. The van der Waals surface area contributed by atoms with E-state index in [9.17, 15) is 14.4 Å². The van der Waals surface area contributed by atoms with Crippen molar-refractivity contribution in [1.82, 2.24) is 4.90 Å². The first-order valence-corrected chi connectivity index (χ1v) is 8.63. The molecule has 0 aromatic heterocycles. The second kappa shape index (κ2) is 9.55. The molecule has 0 fully saturated rings. The fourth-order valence-corrected chi connectivity index (χ4v) is 2.45. The van der Waals surface area contributed by atoms with Gasteiger partial charge in [-0.3, -0.25) is 9.59 Å². The van der Waals surface area contributed by atoms with E-state index in [4.69, 9.17) is 14.2 Å². The van der Waals surface area contributed by atoms with Crippen LogP contribution in [0, 0.1) is 6.92 Å². The number of nitrogens with zero attached hydrogens (tertiary/aromatic N) is 1. The van der Waals surface area contributed by atoms with Gasteiger partial charge in [0, 0.05) is 20.5 Å². The largest absolute Gasteiger partial charge is 0.497 e.